The third kappa shape index (κ3) is 2.57. The second kappa shape index (κ2) is 3.94. The van der Waals surface area contributed by atoms with Crippen molar-refractivity contribution in [3.63, 3.8) is 0 Å². The summed E-state index contributed by atoms with van der Waals surface area (Å²) in [6.45, 7) is 1.66. The van der Waals surface area contributed by atoms with E-state index in [-0.39, 0.29) is 4.90 Å². The normalized spacial score (nSPS) is 12.2. The lowest BCUT2D eigenvalue weighted by molar-refractivity contribution is 0.604. The summed E-state index contributed by atoms with van der Waals surface area (Å²) in [6.07, 6.45) is 1.49. The fraction of sp³-hybridized carbons (Fsp3) is 0.111. The zero-order valence-electron chi connectivity index (χ0n) is 7.07. The van der Waals surface area contributed by atoms with Gasteiger partial charge in [-0.1, -0.05) is 17.7 Å². The summed E-state index contributed by atoms with van der Waals surface area (Å²) in [5, 5.41) is 1.69. The zero-order valence-corrected chi connectivity index (χ0v) is 8.64. The van der Waals surface area contributed by atoms with Crippen molar-refractivity contribution in [1.29, 1.82) is 0 Å². The predicted octanol–water partition coefficient (Wildman–Crippen LogP) is 2.65. The molecular weight excluding hydrogens is 208 g/mol. The summed E-state index contributed by atoms with van der Waals surface area (Å²) in [5.41, 5.74) is 0. The third-order valence-corrected chi connectivity index (χ3v) is 3.27. The van der Waals surface area contributed by atoms with E-state index in [4.69, 9.17) is 11.6 Å². The van der Waals surface area contributed by atoms with Crippen molar-refractivity contribution < 1.29 is 8.42 Å². The first-order valence-electron chi connectivity index (χ1n) is 3.69. The number of halogens is 1. The molecule has 0 spiro atoms. The highest BCUT2D eigenvalue weighted by Gasteiger charge is 2.08. The van der Waals surface area contributed by atoms with E-state index in [0.717, 1.165) is 5.41 Å². The average Bonchev–Trinajstić information content (AvgIpc) is 2.05. The Morgan fingerprint density at radius 1 is 1.23 bits per heavy atom. The highest BCUT2D eigenvalue weighted by molar-refractivity contribution is 7.94. The highest BCUT2D eigenvalue weighted by Crippen LogP contribution is 2.15. The molecule has 0 amide bonds. The second-order valence-electron chi connectivity index (χ2n) is 2.47. The predicted molar refractivity (Wildman–Crippen MR) is 53.5 cm³/mol. The summed E-state index contributed by atoms with van der Waals surface area (Å²) < 4.78 is 22.8. The van der Waals surface area contributed by atoms with Crippen LogP contribution in [-0.4, -0.2) is 8.42 Å². The SMILES string of the molecule is C/C=C/S(=O)(=O)c1ccc(Cl)cc1. The molecule has 0 radical (unpaired) electrons. The van der Waals surface area contributed by atoms with Crippen LogP contribution in [0.3, 0.4) is 0 Å². The summed E-state index contributed by atoms with van der Waals surface area (Å²) in [7, 11) is -3.27. The van der Waals surface area contributed by atoms with Gasteiger partial charge in [0.2, 0.25) is 0 Å². The molecular formula is C9H9ClO2S. The van der Waals surface area contributed by atoms with Crippen molar-refractivity contribution in [2.24, 2.45) is 0 Å². The topological polar surface area (TPSA) is 34.1 Å². The van der Waals surface area contributed by atoms with Crippen LogP contribution in [0.2, 0.25) is 5.02 Å². The van der Waals surface area contributed by atoms with Gasteiger partial charge in [-0.25, -0.2) is 8.42 Å². The number of hydrogen-bond donors (Lipinski definition) is 0. The fourth-order valence-corrected chi connectivity index (χ4v) is 2.04. The molecule has 70 valence electrons. The summed E-state index contributed by atoms with van der Waals surface area (Å²) in [4.78, 5) is 0.259. The van der Waals surface area contributed by atoms with Gasteiger partial charge >= 0.3 is 0 Å². The number of hydrogen-bond acceptors (Lipinski definition) is 2. The third-order valence-electron chi connectivity index (χ3n) is 1.46. The van der Waals surface area contributed by atoms with Crippen molar-refractivity contribution in [3.8, 4) is 0 Å². The van der Waals surface area contributed by atoms with E-state index in [1.54, 1.807) is 19.1 Å². The Hall–Kier alpha value is -0.800. The lowest BCUT2D eigenvalue weighted by Crippen LogP contribution is -1.94. The summed E-state index contributed by atoms with van der Waals surface area (Å²) in [5.74, 6) is 0. The Kier molecular flexibility index (Phi) is 3.12. The van der Waals surface area contributed by atoms with Crippen LogP contribution in [0.1, 0.15) is 6.92 Å². The first kappa shape index (κ1) is 10.3. The molecule has 13 heavy (non-hydrogen) atoms. The van der Waals surface area contributed by atoms with Gasteiger partial charge in [0.05, 0.1) is 4.90 Å². The van der Waals surface area contributed by atoms with Gasteiger partial charge in [0.25, 0.3) is 0 Å². The molecule has 0 saturated carbocycles. The van der Waals surface area contributed by atoms with Crippen LogP contribution >= 0.6 is 11.6 Å². The molecule has 1 aromatic rings. The van der Waals surface area contributed by atoms with E-state index in [9.17, 15) is 8.42 Å². The fourth-order valence-electron chi connectivity index (χ4n) is 0.882. The molecule has 0 unspecified atom stereocenters. The molecule has 2 nitrogen and oxygen atoms in total. The van der Waals surface area contributed by atoms with Crippen LogP contribution in [-0.2, 0) is 9.84 Å². The quantitative estimate of drug-likeness (QED) is 0.762. The first-order valence-corrected chi connectivity index (χ1v) is 5.62. The summed E-state index contributed by atoms with van der Waals surface area (Å²) in [6, 6.07) is 6.07. The Balaban J connectivity index is 3.17. The molecule has 1 aromatic carbocycles. The molecule has 0 heterocycles. The first-order chi connectivity index (χ1) is 6.06. The molecule has 0 aromatic heterocycles. The molecule has 0 aliphatic carbocycles. The van der Waals surface area contributed by atoms with Crippen molar-refractivity contribution in [2.45, 2.75) is 11.8 Å². The van der Waals surface area contributed by atoms with Gasteiger partial charge < -0.3 is 0 Å². The average molecular weight is 217 g/mol. The van der Waals surface area contributed by atoms with E-state index >= 15 is 0 Å². The Bertz CT molecular complexity index is 404. The van der Waals surface area contributed by atoms with Gasteiger partial charge in [-0.05, 0) is 31.2 Å². The van der Waals surface area contributed by atoms with Crippen LogP contribution in [0, 0.1) is 0 Å². The van der Waals surface area contributed by atoms with E-state index in [1.165, 1.54) is 18.2 Å². The number of benzene rings is 1. The molecule has 0 aliphatic heterocycles. The molecule has 0 aliphatic rings. The molecule has 0 saturated heterocycles. The number of rotatable bonds is 2. The van der Waals surface area contributed by atoms with Crippen molar-refractivity contribution in [2.75, 3.05) is 0 Å². The maximum absolute atomic E-state index is 11.4. The van der Waals surface area contributed by atoms with Crippen LogP contribution in [0.15, 0.2) is 40.6 Å². The maximum Gasteiger partial charge on any atom is 0.199 e. The van der Waals surface area contributed by atoms with Crippen LogP contribution in [0.5, 0.6) is 0 Å². The number of sulfone groups is 1. The van der Waals surface area contributed by atoms with Crippen molar-refractivity contribution >= 4 is 21.4 Å². The van der Waals surface area contributed by atoms with E-state index in [1.807, 2.05) is 0 Å². The monoisotopic (exact) mass is 216 g/mol. The van der Waals surface area contributed by atoms with Crippen LogP contribution in [0.25, 0.3) is 0 Å². The number of allylic oxidation sites excluding steroid dienone is 1. The minimum Gasteiger partial charge on any atom is -0.219 e. The Morgan fingerprint density at radius 2 is 1.77 bits per heavy atom. The van der Waals surface area contributed by atoms with Gasteiger partial charge in [0.15, 0.2) is 9.84 Å². The standard InChI is InChI=1S/C9H9ClO2S/c1-2-7-13(11,12)9-5-3-8(10)4-6-9/h2-7H,1H3/b7-2+. The molecule has 0 atom stereocenters. The summed E-state index contributed by atoms with van der Waals surface area (Å²) >= 11 is 5.63. The van der Waals surface area contributed by atoms with Gasteiger partial charge in [0.1, 0.15) is 0 Å². The van der Waals surface area contributed by atoms with E-state index in [2.05, 4.69) is 0 Å². The lowest BCUT2D eigenvalue weighted by atomic mass is 10.4. The lowest BCUT2D eigenvalue weighted by Gasteiger charge is -1.97. The Labute approximate surface area is 82.8 Å². The largest absolute Gasteiger partial charge is 0.219 e. The molecule has 1 rings (SSSR count). The molecule has 0 bridgehead atoms. The zero-order chi connectivity index (χ0) is 9.90. The van der Waals surface area contributed by atoms with Gasteiger partial charge in [-0.3, -0.25) is 0 Å². The van der Waals surface area contributed by atoms with Gasteiger partial charge in [-0.2, -0.15) is 0 Å². The van der Waals surface area contributed by atoms with Crippen LogP contribution in [0.4, 0.5) is 0 Å². The smallest absolute Gasteiger partial charge is 0.199 e. The van der Waals surface area contributed by atoms with Gasteiger partial charge in [-0.15, -0.1) is 0 Å². The van der Waals surface area contributed by atoms with E-state index < -0.39 is 9.84 Å². The van der Waals surface area contributed by atoms with Crippen LogP contribution < -0.4 is 0 Å². The Morgan fingerprint density at radius 3 is 2.23 bits per heavy atom. The van der Waals surface area contributed by atoms with Gasteiger partial charge in [0, 0.05) is 10.4 Å². The van der Waals surface area contributed by atoms with Crippen molar-refractivity contribution in [3.05, 3.63) is 40.8 Å². The minimum atomic E-state index is -3.27. The maximum atomic E-state index is 11.4. The second-order valence-corrected chi connectivity index (χ2v) is 4.74. The molecule has 0 fully saturated rings. The van der Waals surface area contributed by atoms with Crippen molar-refractivity contribution in [1.82, 2.24) is 0 Å². The minimum absolute atomic E-state index is 0.259. The molecule has 0 N–H and O–H groups in total. The van der Waals surface area contributed by atoms with E-state index in [0.29, 0.717) is 5.02 Å². The molecule has 4 heteroatoms. The highest BCUT2D eigenvalue weighted by atomic mass is 35.5.